The van der Waals surface area contributed by atoms with E-state index in [1.807, 2.05) is 60.7 Å². The zero-order chi connectivity index (χ0) is 23.9. The molecular weight excluding hydrogens is 450 g/mol. The van der Waals surface area contributed by atoms with Crippen LogP contribution in [0.15, 0.2) is 60.7 Å². The largest absolute Gasteiger partial charge is 0.291 e. The van der Waals surface area contributed by atoms with Gasteiger partial charge in [0.1, 0.15) is 5.82 Å². The van der Waals surface area contributed by atoms with Crippen LogP contribution in [-0.4, -0.2) is 27.3 Å². The topological polar surface area (TPSA) is 81.1 Å². The van der Waals surface area contributed by atoms with E-state index in [2.05, 4.69) is 17.5 Å². The van der Waals surface area contributed by atoms with Gasteiger partial charge in [-0.2, -0.15) is 0 Å². The summed E-state index contributed by atoms with van der Waals surface area (Å²) in [5.41, 5.74) is 6.63. The smallest absolute Gasteiger partial charge is 0.264 e. The number of carbonyl (C=O) groups excluding carboxylic acids is 3. The number of rotatable bonds is 0. The number of amides is 2. The summed E-state index contributed by atoms with van der Waals surface area (Å²) in [6, 6.07) is 15.5. The number of nitrogens with one attached hydrogen (secondary N) is 1. The SMILES string of the molecule is O=C1NC(=O)C2C=Cc3c4c5c6c(ccc5c5ccc1c2c35)C(=O)n1c(nc2ccccc21)C6C=C4. The standard InChI is InChI=1S/C30H15N3O3/c34-28-18-10-6-14-13-5-9-17-25-20(30(36)33-22-4-2-1-3-21(22)31-27(17)33)12-8-16(23(13)25)15-7-11-19(29(35)32-28)26(18)24(14)15/h1-12,17-18H,(H,32,34,35). The van der Waals surface area contributed by atoms with Gasteiger partial charge in [-0.25, -0.2) is 4.98 Å². The lowest BCUT2D eigenvalue weighted by Crippen LogP contribution is -2.40. The van der Waals surface area contributed by atoms with Crippen LogP contribution in [0.1, 0.15) is 60.6 Å². The van der Waals surface area contributed by atoms with Gasteiger partial charge >= 0.3 is 0 Å². The molecule has 4 aliphatic rings. The van der Waals surface area contributed by atoms with E-state index in [0.717, 1.165) is 60.7 Å². The third-order valence-electron chi connectivity index (χ3n) is 8.20. The summed E-state index contributed by atoms with van der Waals surface area (Å²) in [5.74, 6) is -0.602. The number of imidazole rings is 1. The predicted molar refractivity (Wildman–Crippen MR) is 136 cm³/mol. The summed E-state index contributed by atoms with van der Waals surface area (Å²) in [6.45, 7) is 0. The zero-order valence-corrected chi connectivity index (χ0v) is 18.7. The molecule has 1 aromatic heterocycles. The molecule has 0 saturated heterocycles. The molecule has 1 N–H and O–H groups in total. The van der Waals surface area contributed by atoms with Crippen LogP contribution in [0.3, 0.4) is 0 Å². The van der Waals surface area contributed by atoms with Gasteiger partial charge in [-0.05, 0) is 68.1 Å². The fourth-order valence-corrected chi connectivity index (χ4v) is 6.77. The van der Waals surface area contributed by atoms with E-state index in [0.29, 0.717) is 11.1 Å². The minimum atomic E-state index is -0.488. The Balaban J connectivity index is 1.44. The maximum Gasteiger partial charge on any atom is 0.264 e. The van der Waals surface area contributed by atoms with Crippen molar-refractivity contribution in [1.29, 1.82) is 0 Å². The number of benzene rings is 4. The molecule has 3 heterocycles. The summed E-state index contributed by atoms with van der Waals surface area (Å²) in [6.07, 6.45) is 8.12. The molecular formula is C30H15N3O3. The Kier molecular flexibility index (Phi) is 3.01. The first kappa shape index (κ1) is 18.5. The molecule has 0 spiro atoms. The van der Waals surface area contributed by atoms with Crippen LogP contribution >= 0.6 is 0 Å². The van der Waals surface area contributed by atoms with Crippen LogP contribution in [0.25, 0.3) is 44.7 Å². The van der Waals surface area contributed by atoms with Crippen LogP contribution in [0.4, 0.5) is 0 Å². The van der Waals surface area contributed by atoms with E-state index in [1.54, 1.807) is 4.57 Å². The predicted octanol–water partition coefficient (Wildman–Crippen LogP) is 4.88. The molecule has 9 rings (SSSR count). The molecule has 0 bridgehead atoms. The normalized spacial score (nSPS) is 20.4. The number of hydrogen-bond acceptors (Lipinski definition) is 4. The Morgan fingerprint density at radius 1 is 0.750 bits per heavy atom. The van der Waals surface area contributed by atoms with Gasteiger partial charge in [0.25, 0.3) is 11.8 Å². The Labute approximate surface area is 203 Å². The summed E-state index contributed by atoms with van der Waals surface area (Å²) in [4.78, 5) is 44.0. The van der Waals surface area contributed by atoms with Gasteiger partial charge in [-0.15, -0.1) is 0 Å². The molecule has 2 aliphatic carbocycles. The lowest BCUT2D eigenvalue weighted by molar-refractivity contribution is -0.120. The van der Waals surface area contributed by atoms with Crippen molar-refractivity contribution in [2.75, 3.05) is 0 Å². The zero-order valence-electron chi connectivity index (χ0n) is 18.7. The summed E-state index contributed by atoms with van der Waals surface area (Å²) in [7, 11) is 0. The Morgan fingerprint density at radius 3 is 2.19 bits per heavy atom. The van der Waals surface area contributed by atoms with E-state index >= 15 is 0 Å². The Morgan fingerprint density at radius 2 is 1.42 bits per heavy atom. The van der Waals surface area contributed by atoms with Crippen LogP contribution < -0.4 is 5.32 Å². The van der Waals surface area contributed by atoms with E-state index < -0.39 is 5.92 Å². The highest BCUT2D eigenvalue weighted by molar-refractivity contribution is 6.25. The van der Waals surface area contributed by atoms with E-state index in [4.69, 9.17) is 4.98 Å². The van der Waals surface area contributed by atoms with Crippen molar-refractivity contribution < 1.29 is 14.4 Å². The summed E-state index contributed by atoms with van der Waals surface area (Å²) < 4.78 is 1.75. The van der Waals surface area contributed by atoms with Crippen LogP contribution in [-0.2, 0) is 4.79 Å². The molecule has 2 atom stereocenters. The second kappa shape index (κ2) is 5.86. The monoisotopic (exact) mass is 465 g/mol. The van der Waals surface area contributed by atoms with Gasteiger partial charge in [0, 0.05) is 11.1 Å². The molecule has 6 heteroatoms. The number of aromatic nitrogens is 2. The summed E-state index contributed by atoms with van der Waals surface area (Å²) >= 11 is 0. The molecule has 2 unspecified atom stereocenters. The molecule has 0 saturated carbocycles. The average Bonchev–Trinajstić information content (AvgIpc) is 3.29. The number of hydrogen-bond donors (Lipinski definition) is 1. The first-order valence-electron chi connectivity index (χ1n) is 11.9. The third kappa shape index (κ3) is 1.91. The van der Waals surface area contributed by atoms with Crippen molar-refractivity contribution in [3.63, 3.8) is 0 Å². The van der Waals surface area contributed by atoms with Crippen molar-refractivity contribution in [3.05, 3.63) is 99.9 Å². The maximum absolute atomic E-state index is 13.8. The molecule has 2 amide bonds. The highest BCUT2D eigenvalue weighted by atomic mass is 16.2. The van der Waals surface area contributed by atoms with Gasteiger partial charge in [-0.3, -0.25) is 24.3 Å². The quantitative estimate of drug-likeness (QED) is 0.261. The first-order chi connectivity index (χ1) is 17.6. The minimum absolute atomic E-state index is 0.0647. The Bertz CT molecular complexity index is 2040. The van der Waals surface area contributed by atoms with Gasteiger partial charge in [-0.1, -0.05) is 48.6 Å². The van der Waals surface area contributed by atoms with E-state index in [1.165, 1.54) is 0 Å². The van der Waals surface area contributed by atoms with Crippen LogP contribution in [0.2, 0.25) is 0 Å². The highest BCUT2D eigenvalue weighted by Gasteiger charge is 2.39. The van der Waals surface area contributed by atoms with Crippen LogP contribution in [0.5, 0.6) is 0 Å². The van der Waals surface area contributed by atoms with E-state index in [9.17, 15) is 14.4 Å². The molecule has 36 heavy (non-hydrogen) atoms. The van der Waals surface area contributed by atoms with Gasteiger partial charge in [0.15, 0.2) is 0 Å². The number of para-hydroxylation sites is 2. The number of nitrogens with zero attached hydrogens (tertiary/aromatic N) is 2. The molecule has 0 fully saturated rings. The molecule has 5 aromatic rings. The second-order valence-corrected chi connectivity index (χ2v) is 9.82. The van der Waals surface area contributed by atoms with Crippen molar-refractivity contribution in [3.8, 4) is 0 Å². The fraction of sp³-hybridized carbons (Fsp3) is 0.0667. The number of carbonyl (C=O) groups is 3. The molecule has 6 nitrogen and oxygen atoms in total. The lowest BCUT2D eigenvalue weighted by atomic mass is 9.73. The van der Waals surface area contributed by atoms with E-state index in [-0.39, 0.29) is 23.6 Å². The molecule has 0 radical (unpaired) electrons. The Hall–Kier alpha value is -4.84. The maximum atomic E-state index is 13.8. The molecule has 2 aliphatic heterocycles. The molecule has 4 aromatic carbocycles. The van der Waals surface area contributed by atoms with Crippen LogP contribution in [0, 0.1) is 0 Å². The van der Waals surface area contributed by atoms with Crippen molar-refractivity contribution >= 4 is 62.5 Å². The second-order valence-electron chi connectivity index (χ2n) is 9.82. The van der Waals surface area contributed by atoms with Gasteiger partial charge < -0.3 is 0 Å². The summed E-state index contributed by atoms with van der Waals surface area (Å²) in [5, 5.41) is 6.48. The fourth-order valence-electron chi connectivity index (χ4n) is 6.77. The van der Waals surface area contributed by atoms with Crippen molar-refractivity contribution in [2.24, 2.45) is 0 Å². The number of imide groups is 1. The van der Waals surface area contributed by atoms with Gasteiger partial charge in [0.2, 0.25) is 5.91 Å². The van der Waals surface area contributed by atoms with Crippen molar-refractivity contribution in [1.82, 2.24) is 14.9 Å². The third-order valence-corrected chi connectivity index (χ3v) is 8.20. The minimum Gasteiger partial charge on any atom is -0.291 e. The first-order valence-corrected chi connectivity index (χ1v) is 11.9. The van der Waals surface area contributed by atoms with Gasteiger partial charge in [0.05, 0.1) is 22.9 Å². The lowest BCUT2D eigenvalue weighted by Gasteiger charge is -2.32. The van der Waals surface area contributed by atoms with Crippen molar-refractivity contribution in [2.45, 2.75) is 11.8 Å². The number of fused-ring (bicyclic) bond motifs is 6. The number of allylic oxidation sites excluding steroid dienone is 1. The average molecular weight is 465 g/mol. The highest BCUT2D eigenvalue weighted by Crippen LogP contribution is 2.50. The molecule has 168 valence electrons.